The van der Waals surface area contributed by atoms with Crippen molar-refractivity contribution in [2.24, 2.45) is 0 Å². The lowest BCUT2D eigenvalue weighted by atomic mass is 10.0. The summed E-state index contributed by atoms with van der Waals surface area (Å²) < 4.78 is 72.2. The minimum absolute atomic E-state index is 0.0816. The molecule has 3 aromatic carbocycles. The van der Waals surface area contributed by atoms with Gasteiger partial charge in [0.1, 0.15) is 18.3 Å². The summed E-state index contributed by atoms with van der Waals surface area (Å²) in [4.78, 5) is 28.9. The number of methoxy groups -OCH3 is 1. The third-order valence-corrected chi connectivity index (χ3v) is 7.86. The van der Waals surface area contributed by atoms with E-state index in [0.29, 0.717) is 21.7 Å². The zero-order chi connectivity index (χ0) is 31.9. The van der Waals surface area contributed by atoms with E-state index in [0.717, 1.165) is 24.0 Å². The van der Waals surface area contributed by atoms with Gasteiger partial charge in [0.15, 0.2) is 0 Å². The molecule has 0 radical (unpaired) electrons. The predicted molar refractivity (Wildman–Crippen MR) is 159 cm³/mol. The highest BCUT2D eigenvalue weighted by Gasteiger charge is 2.36. The number of ether oxygens (including phenoxy) is 1. The van der Waals surface area contributed by atoms with Gasteiger partial charge in [0.2, 0.25) is 21.8 Å². The molecule has 0 heterocycles. The number of carbonyl (C=O) groups excluding carboxylic acids is 2. The third kappa shape index (κ3) is 9.36. The molecule has 0 saturated heterocycles. The first-order chi connectivity index (χ1) is 20.1. The number of amides is 2. The second kappa shape index (κ2) is 14.1. The second-order valence-electron chi connectivity index (χ2n) is 10.2. The summed E-state index contributed by atoms with van der Waals surface area (Å²) in [5.41, 5.74) is -0.346. The van der Waals surface area contributed by atoms with E-state index >= 15 is 0 Å². The van der Waals surface area contributed by atoms with Crippen molar-refractivity contribution < 1.29 is 35.9 Å². The number of carbonyl (C=O) groups is 2. The molecular formula is C30H33ClF3N3O5S. The van der Waals surface area contributed by atoms with Crippen LogP contribution in [-0.4, -0.2) is 57.1 Å². The number of rotatable bonds is 12. The van der Waals surface area contributed by atoms with Crippen LogP contribution >= 0.6 is 11.6 Å². The van der Waals surface area contributed by atoms with Crippen LogP contribution in [-0.2, 0) is 38.8 Å². The van der Waals surface area contributed by atoms with Gasteiger partial charge in [0, 0.05) is 19.0 Å². The molecule has 0 aliphatic heterocycles. The van der Waals surface area contributed by atoms with Crippen molar-refractivity contribution in [2.75, 3.05) is 24.2 Å². The normalized spacial score (nSPS) is 12.5. The van der Waals surface area contributed by atoms with E-state index in [-0.39, 0.29) is 24.0 Å². The summed E-state index contributed by atoms with van der Waals surface area (Å²) in [6.45, 7) is 2.47. The van der Waals surface area contributed by atoms with Crippen molar-refractivity contribution in [1.82, 2.24) is 10.2 Å². The number of hydrogen-bond donors (Lipinski definition) is 1. The monoisotopic (exact) mass is 639 g/mol. The number of sulfonamides is 1. The van der Waals surface area contributed by atoms with Crippen molar-refractivity contribution in [1.29, 1.82) is 0 Å². The Balaban J connectivity index is 2.13. The number of benzene rings is 3. The molecule has 13 heteroatoms. The van der Waals surface area contributed by atoms with E-state index in [2.05, 4.69) is 5.32 Å². The lowest BCUT2D eigenvalue weighted by molar-refractivity contribution is -0.140. The maximum atomic E-state index is 14.1. The molecule has 1 atom stereocenters. The van der Waals surface area contributed by atoms with Gasteiger partial charge in [-0.2, -0.15) is 13.2 Å². The number of anilines is 1. The number of halogens is 4. The van der Waals surface area contributed by atoms with Crippen LogP contribution in [0.1, 0.15) is 30.5 Å². The summed E-state index contributed by atoms with van der Waals surface area (Å²) in [6.07, 6.45) is -3.95. The Bertz CT molecular complexity index is 1540. The average molecular weight is 640 g/mol. The molecule has 0 aliphatic rings. The van der Waals surface area contributed by atoms with Gasteiger partial charge < -0.3 is 15.0 Å². The first-order valence-electron chi connectivity index (χ1n) is 13.2. The topological polar surface area (TPSA) is 96.0 Å². The van der Waals surface area contributed by atoms with Crippen molar-refractivity contribution in [3.05, 3.63) is 94.5 Å². The molecule has 43 heavy (non-hydrogen) atoms. The Morgan fingerprint density at radius 1 is 0.977 bits per heavy atom. The molecule has 0 aromatic heterocycles. The molecule has 0 spiro atoms. The van der Waals surface area contributed by atoms with Crippen molar-refractivity contribution in [3.8, 4) is 5.75 Å². The summed E-state index contributed by atoms with van der Waals surface area (Å²) in [6, 6.07) is 16.5. The van der Waals surface area contributed by atoms with Gasteiger partial charge in [0.05, 0.1) is 29.6 Å². The van der Waals surface area contributed by atoms with Crippen LogP contribution in [0.5, 0.6) is 5.75 Å². The quantitative estimate of drug-likeness (QED) is 0.290. The Kier molecular flexibility index (Phi) is 11.1. The van der Waals surface area contributed by atoms with Gasteiger partial charge in [-0.1, -0.05) is 54.1 Å². The Morgan fingerprint density at radius 2 is 1.63 bits per heavy atom. The van der Waals surface area contributed by atoms with E-state index in [1.54, 1.807) is 68.4 Å². The highest BCUT2D eigenvalue weighted by molar-refractivity contribution is 7.92. The Morgan fingerprint density at radius 3 is 2.21 bits per heavy atom. The standard InChI is InChI=1S/C30H33ClF3N3O5S/c1-20(2)35-29(39)27(16-21-9-6-5-7-10-21)36(18-22-11-8-12-24(15-22)42-3)28(38)19-37(43(4,40)41)26-17-23(30(32,33)34)13-14-25(26)31/h5-15,17,20,27H,16,18-19H2,1-4H3,(H,35,39)/t27-/m1/s1. The van der Waals surface area contributed by atoms with Gasteiger partial charge >= 0.3 is 6.18 Å². The van der Waals surface area contributed by atoms with Crippen LogP contribution in [0.4, 0.5) is 18.9 Å². The summed E-state index contributed by atoms with van der Waals surface area (Å²) in [5, 5.41) is 2.52. The third-order valence-electron chi connectivity index (χ3n) is 6.41. The number of nitrogens with one attached hydrogen (secondary N) is 1. The van der Waals surface area contributed by atoms with Crippen molar-refractivity contribution in [3.63, 3.8) is 0 Å². The number of alkyl halides is 3. The largest absolute Gasteiger partial charge is 0.497 e. The highest BCUT2D eigenvalue weighted by Crippen LogP contribution is 2.36. The fourth-order valence-corrected chi connectivity index (χ4v) is 5.50. The number of hydrogen-bond acceptors (Lipinski definition) is 5. The van der Waals surface area contributed by atoms with Crippen molar-refractivity contribution in [2.45, 2.75) is 45.1 Å². The summed E-state index contributed by atoms with van der Waals surface area (Å²) in [7, 11) is -2.85. The van der Waals surface area contributed by atoms with Crippen LogP contribution in [0.3, 0.4) is 0 Å². The SMILES string of the molecule is COc1cccc(CN(C(=O)CN(c2cc(C(F)(F)F)ccc2Cl)S(C)(=O)=O)[C@H](Cc2ccccc2)C(=O)NC(C)C)c1. The lowest BCUT2D eigenvalue weighted by Crippen LogP contribution is -2.54. The second-order valence-corrected chi connectivity index (χ2v) is 12.5. The zero-order valence-electron chi connectivity index (χ0n) is 24.1. The van der Waals surface area contributed by atoms with Crippen LogP contribution in [0.2, 0.25) is 5.02 Å². The van der Waals surface area contributed by atoms with Crippen molar-refractivity contribution >= 4 is 39.1 Å². The molecule has 3 rings (SSSR count). The maximum absolute atomic E-state index is 14.1. The fourth-order valence-electron chi connectivity index (χ4n) is 4.38. The van der Waals surface area contributed by atoms with Gasteiger partial charge in [-0.15, -0.1) is 0 Å². The molecule has 2 amide bonds. The molecule has 0 saturated carbocycles. The van der Waals surface area contributed by atoms with E-state index < -0.39 is 51.9 Å². The Labute approximate surface area is 254 Å². The van der Waals surface area contributed by atoms with Gasteiger partial charge in [-0.05, 0) is 55.3 Å². The van der Waals surface area contributed by atoms with Crippen LogP contribution < -0.4 is 14.4 Å². The first kappa shape index (κ1) is 33.7. The molecule has 8 nitrogen and oxygen atoms in total. The molecule has 0 aliphatic carbocycles. The Hall–Kier alpha value is -3.77. The molecule has 0 fully saturated rings. The molecule has 232 valence electrons. The van der Waals surface area contributed by atoms with Crippen LogP contribution in [0.15, 0.2) is 72.8 Å². The van der Waals surface area contributed by atoms with E-state index in [1.807, 2.05) is 0 Å². The number of nitrogens with zero attached hydrogens (tertiary/aromatic N) is 2. The zero-order valence-corrected chi connectivity index (χ0v) is 25.6. The lowest BCUT2D eigenvalue weighted by Gasteiger charge is -2.34. The molecular weight excluding hydrogens is 607 g/mol. The maximum Gasteiger partial charge on any atom is 0.416 e. The van der Waals surface area contributed by atoms with Gasteiger partial charge in [-0.3, -0.25) is 13.9 Å². The first-order valence-corrected chi connectivity index (χ1v) is 15.4. The minimum Gasteiger partial charge on any atom is -0.497 e. The van der Waals surface area contributed by atoms with E-state index in [4.69, 9.17) is 16.3 Å². The molecule has 3 aromatic rings. The fraction of sp³-hybridized carbons (Fsp3) is 0.333. The average Bonchev–Trinajstić information content (AvgIpc) is 2.93. The predicted octanol–water partition coefficient (Wildman–Crippen LogP) is 5.30. The summed E-state index contributed by atoms with van der Waals surface area (Å²) in [5.74, 6) is -0.829. The van der Waals surface area contributed by atoms with E-state index in [9.17, 15) is 31.2 Å². The van der Waals surface area contributed by atoms with Gasteiger partial charge in [0.25, 0.3) is 0 Å². The van der Waals surface area contributed by atoms with E-state index in [1.165, 1.54) is 12.0 Å². The molecule has 1 N–H and O–H groups in total. The van der Waals surface area contributed by atoms with Gasteiger partial charge in [-0.25, -0.2) is 8.42 Å². The molecule has 0 unspecified atom stereocenters. The highest BCUT2D eigenvalue weighted by atomic mass is 35.5. The summed E-state index contributed by atoms with van der Waals surface area (Å²) >= 11 is 6.17. The smallest absolute Gasteiger partial charge is 0.416 e. The minimum atomic E-state index is -4.79. The van der Waals surface area contributed by atoms with Crippen LogP contribution in [0.25, 0.3) is 0 Å². The molecule has 0 bridgehead atoms. The van der Waals surface area contributed by atoms with Crippen LogP contribution in [0, 0.1) is 0 Å².